The van der Waals surface area contributed by atoms with E-state index in [1.165, 1.54) is 31.4 Å². The van der Waals surface area contributed by atoms with Crippen molar-refractivity contribution in [3.8, 4) is 5.75 Å². The molecule has 0 unspecified atom stereocenters. The van der Waals surface area contributed by atoms with Crippen LogP contribution in [0.25, 0.3) is 0 Å². The number of aliphatic hydroxyl groups excluding tert-OH is 1. The summed E-state index contributed by atoms with van der Waals surface area (Å²) in [6.07, 6.45) is -1.79. The van der Waals surface area contributed by atoms with Gasteiger partial charge in [0.2, 0.25) is 10.0 Å². The zero-order valence-electron chi connectivity index (χ0n) is 10.2. The highest BCUT2D eigenvalue weighted by molar-refractivity contribution is 7.89. The van der Waals surface area contributed by atoms with E-state index >= 15 is 0 Å². The maximum atomic E-state index is 11.8. The minimum atomic E-state index is -3.72. The SMILES string of the molecule is COc1ccc(S(=O)(=O)NCC[C@H](O)C(=O)O)cc1. The van der Waals surface area contributed by atoms with Gasteiger partial charge < -0.3 is 14.9 Å². The highest BCUT2D eigenvalue weighted by Gasteiger charge is 2.17. The number of hydrogen-bond donors (Lipinski definition) is 3. The molecule has 1 rings (SSSR count). The first-order chi connectivity index (χ1) is 8.86. The maximum absolute atomic E-state index is 11.8. The van der Waals surface area contributed by atoms with E-state index in [4.69, 9.17) is 14.9 Å². The third-order valence-corrected chi connectivity index (χ3v) is 3.84. The molecule has 0 spiro atoms. The lowest BCUT2D eigenvalue weighted by Gasteiger charge is -2.08. The molecule has 106 valence electrons. The van der Waals surface area contributed by atoms with E-state index in [1.807, 2.05) is 0 Å². The molecule has 0 aromatic heterocycles. The summed E-state index contributed by atoms with van der Waals surface area (Å²) < 4.78 is 30.7. The molecule has 0 radical (unpaired) electrons. The normalized spacial score (nSPS) is 12.9. The second-order valence-corrected chi connectivity index (χ2v) is 5.48. The average Bonchev–Trinajstić information content (AvgIpc) is 2.38. The number of carbonyl (C=O) groups is 1. The second-order valence-electron chi connectivity index (χ2n) is 3.72. The Hall–Kier alpha value is -1.64. The number of aliphatic hydroxyl groups is 1. The zero-order valence-corrected chi connectivity index (χ0v) is 11.1. The summed E-state index contributed by atoms with van der Waals surface area (Å²) in [6, 6.07) is 5.74. The maximum Gasteiger partial charge on any atom is 0.332 e. The number of nitrogens with one attached hydrogen (secondary N) is 1. The van der Waals surface area contributed by atoms with Crippen molar-refractivity contribution in [3.63, 3.8) is 0 Å². The van der Waals surface area contributed by atoms with Crippen molar-refractivity contribution in [2.45, 2.75) is 17.4 Å². The van der Waals surface area contributed by atoms with E-state index in [9.17, 15) is 13.2 Å². The quantitative estimate of drug-likeness (QED) is 0.641. The van der Waals surface area contributed by atoms with Gasteiger partial charge in [0.15, 0.2) is 6.10 Å². The number of ether oxygens (including phenoxy) is 1. The molecule has 0 aliphatic carbocycles. The van der Waals surface area contributed by atoms with Crippen LogP contribution in [0.5, 0.6) is 5.75 Å². The zero-order chi connectivity index (χ0) is 14.5. The van der Waals surface area contributed by atoms with E-state index in [2.05, 4.69) is 4.72 Å². The van der Waals surface area contributed by atoms with Crippen LogP contribution in [-0.4, -0.2) is 44.4 Å². The Morgan fingerprint density at radius 3 is 2.42 bits per heavy atom. The van der Waals surface area contributed by atoms with Gasteiger partial charge in [0, 0.05) is 6.54 Å². The van der Waals surface area contributed by atoms with Crippen molar-refractivity contribution in [1.29, 1.82) is 0 Å². The summed E-state index contributed by atoms with van der Waals surface area (Å²) >= 11 is 0. The lowest BCUT2D eigenvalue weighted by Crippen LogP contribution is -2.30. The first-order valence-electron chi connectivity index (χ1n) is 5.41. The molecule has 0 bridgehead atoms. The van der Waals surface area contributed by atoms with E-state index in [0.29, 0.717) is 5.75 Å². The van der Waals surface area contributed by atoms with Crippen LogP contribution in [0.2, 0.25) is 0 Å². The minimum absolute atomic E-state index is 0.0399. The van der Waals surface area contributed by atoms with Crippen LogP contribution >= 0.6 is 0 Å². The molecular formula is C11H15NO6S. The van der Waals surface area contributed by atoms with E-state index < -0.39 is 22.1 Å². The van der Waals surface area contributed by atoms with Gasteiger partial charge in [0.05, 0.1) is 12.0 Å². The third-order valence-electron chi connectivity index (χ3n) is 2.36. The number of carboxylic acids is 1. The van der Waals surface area contributed by atoms with Gasteiger partial charge in [-0.25, -0.2) is 17.9 Å². The average molecular weight is 289 g/mol. The number of benzene rings is 1. The molecule has 0 saturated heterocycles. The summed E-state index contributed by atoms with van der Waals surface area (Å²) in [6.45, 7) is -0.165. The number of aliphatic carboxylic acids is 1. The molecule has 0 amide bonds. The summed E-state index contributed by atoms with van der Waals surface area (Å²) in [4.78, 5) is 10.4. The van der Waals surface area contributed by atoms with Crippen molar-refractivity contribution in [3.05, 3.63) is 24.3 Å². The van der Waals surface area contributed by atoms with E-state index in [0.717, 1.165) is 0 Å². The van der Waals surface area contributed by atoms with Crippen LogP contribution in [0.15, 0.2) is 29.2 Å². The molecule has 0 aliphatic rings. The van der Waals surface area contributed by atoms with Crippen LogP contribution in [0, 0.1) is 0 Å². The van der Waals surface area contributed by atoms with Crippen molar-refractivity contribution in [2.24, 2.45) is 0 Å². The summed E-state index contributed by atoms with van der Waals surface area (Å²) in [5.74, 6) is -0.858. The Balaban J connectivity index is 2.62. The van der Waals surface area contributed by atoms with Gasteiger partial charge in [-0.05, 0) is 30.7 Å². The molecule has 0 aliphatic heterocycles. The summed E-state index contributed by atoms with van der Waals surface area (Å²) in [5, 5.41) is 17.5. The lowest BCUT2D eigenvalue weighted by molar-refractivity contribution is -0.146. The van der Waals surface area contributed by atoms with Crippen LogP contribution in [-0.2, 0) is 14.8 Å². The Labute approximate surface area is 110 Å². The molecule has 0 heterocycles. The Morgan fingerprint density at radius 2 is 1.95 bits per heavy atom. The van der Waals surface area contributed by atoms with Gasteiger partial charge in [0.25, 0.3) is 0 Å². The number of hydrogen-bond acceptors (Lipinski definition) is 5. The number of methoxy groups -OCH3 is 1. The molecular weight excluding hydrogens is 274 g/mol. The molecule has 8 heteroatoms. The Bertz CT molecular complexity index is 525. The smallest absolute Gasteiger partial charge is 0.332 e. The van der Waals surface area contributed by atoms with E-state index in [1.54, 1.807) is 0 Å². The second kappa shape index (κ2) is 6.50. The third kappa shape index (κ3) is 4.51. The first kappa shape index (κ1) is 15.4. The Kier molecular flexibility index (Phi) is 5.28. The van der Waals surface area contributed by atoms with Crippen LogP contribution < -0.4 is 9.46 Å². The summed E-state index contributed by atoms with van der Waals surface area (Å²) in [7, 11) is -2.25. The van der Waals surface area contributed by atoms with Crippen LogP contribution in [0.1, 0.15) is 6.42 Å². The molecule has 19 heavy (non-hydrogen) atoms. The highest BCUT2D eigenvalue weighted by Crippen LogP contribution is 2.15. The molecule has 1 aromatic carbocycles. The van der Waals surface area contributed by atoms with Gasteiger partial charge >= 0.3 is 5.97 Å². The van der Waals surface area contributed by atoms with Gasteiger partial charge in [-0.3, -0.25) is 0 Å². The molecule has 7 nitrogen and oxygen atoms in total. The largest absolute Gasteiger partial charge is 0.497 e. The fourth-order valence-corrected chi connectivity index (χ4v) is 2.34. The van der Waals surface area contributed by atoms with Gasteiger partial charge in [-0.15, -0.1) is 0 Å². The fraction of sp³-hybridized carbons (Fsp3) is 0.364. The van der Waals surface area contributed by atoms with Gasteiger partial charge in [-0.1, -0.05) is 0 Å². The van der Waals surface area contributed by atoms with Gasteiger partial charge in [-0.2, -0.15) is 0 Å². The van der Waals surface area contributed by atoms with Crippen molar-refractivity contribution < 1.29 is 28.2 Å². The molecule has 1 aromatic rings. The van der Waals surface area contributed by atoms with E-state index in [-0.39, 0.29) is 17.9 Å². The predicted molar refractivity (Wildman–Crippen MR) is 66.4 cm³/mol. The highest BCUT2D eigenvalue weighted by atomic mass is 32.2. The standard InChI is InChI=1S/C11H15NO6S/c1-18-8-2-4-9(5-3-8)19(16,17)12-7-6-10(13)11(14)15/h2-5,10,12-13H,6-7H2,1H3,(H,14,15)/t10-/m0/s1. The molecule has 1 atom stereocenters. The molecule has 0 saturated carbocycles. The minimum Gasteiger partial charge on any atom is -0.497 e. The number of sulfonamides is 1. The fourth-order valence-electron chi connectivity index (χ4n) is 1.29. The topological polar surface area (TPSA) is 113 Å². The van der Waals surface area contributed by atoms with Crippen LogP contribution in [0.3, 0.4) is 0 Å². The number of carboxylic acid groups (broad SMARTS) is 1. The molecule has 3 N–H and O–H groups in total. The van der Waals surface area contributed by atoms with Crippen molar-refractivity contribution in [1.82, 2.24) is 4.72 Å². The monoisotopic (exact) mass is 289 g/mol. The summed E-state index contributed by atoms with van der Waals surface area (Å²) in [5.41, 5.74) is 0. The first-order valence-corrected chi connectivity index (χ1v) is 6.89. The Morgan fingerprint density at radius 1 is 1.37 bits per heavy atom. The predicted octanol–water partition coefficient (Wildman–Crippen LogP) is -0.191. The van der Waals surface area contributed by atoms with Crippen molar-refractivity contribution >= 4 is 16.0 Å². The number of rotatable bonds is 7. The van der Waals surface area contributed by atoms with Crippen molar-refractivity contribution in [2.75, 3.05) is 13.7 Å². The molecule has 0 fully saturated rings. The van der Waals surface area contributed by atoms with Crippen LogP contribution in [0.4, 0.5) is 0 Å². The lowest BCUT2D eigenvalue weighted by atomic mass is 10.3. The van der Waals surface area contributed by atoms with Gasteiger partial charge in [0.1, 0.15) is 5.75 Å².